The van der Waals surface area contributed by atoms with Crippen molar-refractivity contribution in [1.82, 2.24) is 19.7 Å². The molecule has 4 rings (SSSR count). The molecular weight excluding hydrogens is 304 g/mol. The minimum Gasteiger partial charge on any atom is -0.336 e. The first-order chi connectivity index (χ1) is 11.7. The monoisotopic (exact) mass is 322 g/mol. The minimum absolute atomic E-state index is 0.0887. The van der Waals surface area contributed by atoms with Gasteiger partial charge in [-0.15, -0.1) is 0 Å². The van der Waals surface area contributed by atoms with Crippen LogP contribution < -0.4 is 5.56 Å². The Morgan fingerprint density at radius 1 is 1.25 bits per heavy atom. The number of carbonyl (C=O) groups excluding carboxylic acids is 1. The molecule has 0 radical (unpaired) electrons. The number of hydrogen-bond donors (Lipinski definition) is 1. The number of hydrogen-bond acceptors (Lipinski definition) is 3. The van der Waals surface area contributed by atoms with Gasteiger partial charge < -0.3 is 9.88 Å². The highest BCUT2D eigenvalue weighted by molar-refractivity contribution is 6.05. The Kier molecular flexibility index (Phi) is 3.65. The van der Waals surface area contributed by atoms with Crippen molar-refractivity contribution in [3.63, 3.8) is 0 Å². The van der Waals surface area contributed by atoms with E-state index >= 15 is 0 Å². The standard InChI is InChI=1S/C18H18N4O2/c23-17-11-15(14-6-1-2-7-16(14)20-17)18(24)21-9-3-5-13(12-21)22-10-4-8-19-22/h1-2,4,6-8,10-11,13H,3,5,9,12H2,(H,20,23)/t13-/m0/s1. The van der Waals surface area contributed by atoms with E-state index in [2.05, 4.69) is 10.1 Å². The highest BCUT2D eigenvalue weighted by atomic mass is 16.2. The van der Waals surface area contributed by atoms with Gasteiger partial charge in [0.05, 0.1) is 11.6 Å². The predicted octanol–water partition coefficient (Wildman–Crippen LogP) is 2.20. The number of aromatic nitrogens is 3. The van der Waals surface area contributed by atoms with Gasteiger partial charge in [-0.2, -0.15) is 5.10 Å². The maximum atomic E-state index is 13.0. The van der Waals surface area contributed by atoms with Crippen LogP contribution in [0.4, 0.5) is 0 Å². The third kappa shape index (κ3) is 2.60. The van der Waals surface area contributed by atoms with Gasteiger partial charge in [-0.3, -0.25) is 14.3 Å². The molecule has 0 unspecified atom stereocenters. The second kappa shape index (κ2) is 5.96. The van der Waals surface area contributed by atoms with Crippen molar-refractivity contribution in [2.45, 2.75) is 18.9 Å². The number of para-hydroxylation sites is 1. The van der Waals surface area contributed by atoms with Gasteiger partial charge in [0.25, 0.3) is 5.91 Å². The number of pyridine rings is 1. The van der Waals surface area contributed by atoms with Crippen LogP contribution in [0.1, 0.15) is 29.2 Å². The van der Waals surface area contributed by atoms with Gasteiger partial charge in [0.15, 0.2) is 0 Å². The molecule has 2 aromatic heterocycles. The van der Waals surface area contributed by atoms with Crippen LogP contribution in [0, 0.1) is 0 Å². The second-order valence-corrected chi connectivity index (χ2v) is 6.13. The lowest BCUT2D eigenvalue weighted by Gasteiger charge is -2.33. The van der Waals surface area contributed by atoms with Crippen LogP contribution in [-0.2, 0) is 0 Å². The van der Waals surface area contributed by atoms with Crippen LogP contribution in [-0.4, -0.2) is 38.7 Å². The van der Waals surface area contributed by atoms with Crippen LogP contribution in [0.2, 0.25) is 0 Å². The molecule has 0 saturated carbocycles. The summed E-state index contributed by atoms with van der Waals surface area (Å²) in [5, 5.41) is 5.08. The molecule has 1 amide bonds. The fourth-order valence-corrected chi connectivity index (χ4v) is 3.40. The summed E-state index contributed by atoms with van der Waals surface area (Å²) in [4.78, 5) is 29.5. The number of carbonyl (C=O) groups is 1. The molecule has 3 heterocycles. The summed E-state index contributed by atoms with van der Waals surface area (Å²) >= 11 is 0. The zero-order valence-corrected chi connectivity index (χ0v) is 13.2. The molecule has 0 aliphatic carbocycles. The number of fused-ring (bicyclic) bond motifs is 1. The lowest BCUT2D eigenvalue weighted by molar-refractivity contribution is 0.0675. The second-order valence-electron chi connectivity index (χ2n) is 6.13. The summed E-state index contributed by atoms with van der Waals surface area (Å²) < 4.78 is 1.91. The minimum atomic E-state index is -0.252. The van der Waals surface area contributed by atoms with Crippen molar-refractivity contribution in [3.05, 3.63) is 64.7 Å². The van der Waals surface area contributed by atoms with Gasteiger partial charge >= 0.3 is 0 Å². The van der Waals surface area contributed by atoms with E-state index in [4.69, 9.17) is 0 Å². The van der Waals surface area contributed by atoms with Gasteiger partial charge in [0.1, 0.15) is 0 Å². The Hall–Kier alpha value is -2.89. The number of benzene rings is 1. The molecule has 1 atom stereocenters. The van der Waals surface area contributed by atoms with Crippen molar-refractivity contribution in [3.8, 4) is 0 Å². The van der Waals surface area contributed by atoms with E-state index in [1.54, 1.807) is 6.20 Å². The first-order valence-corrected chi connectivity index (χ1v) is 8.13. The quantitative estimate of drug-likeness (QED) is 0.786. The predicted molar refractivity (Wildman–Crippen MR) is 91.0 cm³/mol. The zero-order valence-electron chi connectivity index (χ0n) is 13.2. The van der Waals surface area contributed by atoms with Gasteiger partial charge in [-0.05, 0) is 25.0 Å². The fraction of sp³-hybridized carbons (Fsp3) is 0.278. The highest BCUT2D eigenvalue weighted by Crippen LogP contribution is 2.24. The topological polar surface area (TPSA) is 71.0 Å². The average Bonchev–Trinajstić information content (AvgIpc) is 3.15. The van der Waals surface area contributed by atoms with E-state index in [0.29, 0.717) is 24.2 Å². The van der Waals surface area contributed by atoms with Crippen molar-refractivity contribution in [2.24, 2.45) is 0 Å². The molecule has 1 aliphatic heterocycles. The van der Waals surface area contributed by atoms with E-state index in [0.717, 1.165) is 18.2 Å². The molecule has 1 aromatic carbocycles. The molecule has 0 spiro atoms. The zero-order chi connectivity index (χ0) is 16.5. The van der Waals surface area contributed by atoms with E-state index in [1.165, 1.54) is 6.07 Å². The fourth-order valence-electron chi connectivity index (χ4n) is 3.40. The smallest absolute Gasteiger partial charge is 0.254 e. The van der Waals surface area contributed by atoms with Crippen LogP contribution in [0.5, 0.6) is 0 Å². The molecule has 0 bridgehead atoms. The molecule has 1 N–H and O–H groups in total. The summed E-state index contributed by atoms with van der Waals surface area (Å²) in [7, 11) is 0. The lowest BCUT2D eigenvalue weighted by atomic mass is 10.0. The molecule has 1 aliphatic rings. The number of rotatable bonds is 2. The number of H-pyrrole nitrogens is 1. The molecule has 24 heavy (non-hydrogen) atoms. The first kappa shape index (κ1) is 14.7. The number of nitrogens with one attached hydrogen (secondary N) is 1. The lowest BCUT2D eigenvalue weighted by Crippen LogP contribution is -2.41. The molecule has 3 aromatic rings. The Morgan fingerprint density at radius 3 is 2.96 bits per heavy atom. The molecule has 1 saturated heterocycles. The SMILES string of the molecule is O=C(c1cc(=O)[nH]c2ccccc12)N1CCC[C@H](n2cccn2)C1. The van der Waals surface area contributed by atoms with E-state index in [-0.39, 0.29) is 17.5 Å². The summed E-state index contributed by atoms with van der Waals surface area (Å²) in [5.74, 6) is -0.0887. The number of nitrogens with zero attached hydrogens (tertiary/aromatic N) is 3. The van der Waals surface area contributed by atoms with Gasteiger partial charge in [0.2, 0.25) is 5.56 Å². The summed E-state index contributed by atoms with van der Waals surface area (Å²) in [6.07, 6.45) is 5.62. The van der Waals surface area contributed by atoms with Gasteiger partial charge in [0, 0.05) is 42.5 Å². The highest BCUT2D eigenvalue weighted by Gasteiger charge is 2.26. The van der Waals surface area contributed by atoms with Gasteiger partial charge in [-0.1, -0.05) is 18.2 Å². The Balaban J connectivity index is 1.67. The Labute approximate surface area is 138 Å². The first-order valence-electron chi connectivity index (χ1n) is 8.13. The molecule has 1 fully saturated rings. The van der Waals surface area contributed by atoms with Crippen molar-refractivity contribution in [2.75, 3.05) is 13.1 Å². The third-order valence-corrected chi connectivity index (χ3v) is 4.56. The number of likely N-dealkylation sites (tertiary alicyclic amines) is 1. The number of piperidine rings is 1. The molecule has 122 valence electrons. The van der Waals surface area contributed by atoms with Gasteiger partial charge in [-0.25, -0.2) is 0 Å². The molecular formula is C18H18N4O2. The number of amides is 1. The summed E-state index contributed by atoms with van der Waals surface area (Å²) in [6.45, 7) is 1.32. The summed E-state index contributed by atoms with van der Waals surface area (Å²) in [5.41, 5.74) is 0.905. The van der Waals surface area contributed by atoms with Crippen LogP contribution in [0.15, 0.2) is 53.6 Å². The maximum Gasteiger partial charge on any atom is 0.254 e. The van der Waals surface area contributed by atoms with E-state index in [9.17, 15) is 9.59 Å². The van der Waals surface area contributed by atoms with E-state index < -0.39 is 0 Å². The van der Waals surface area contributed by atoms with Crippen molar-refractivity contribution in [1.29, 1.82) is 0 Å². The largest absolute Gasteiger partial charge is 0.336 e. The normalized spacial score (nSPS) is 18.0. The van der Waals surface area contributed by atoms with Crippen LogP contribution >= 0.6 is 0 Å². The van der Waals surface area contributed by atoms with Crippen LogP contribution in [0.25, 0.3) is 10.9 Å². The summed E-state index contributed by atoms with van der Waals surface area (Å²) in [6, 6.07) is 10.9. The third-order valence-electron chi connectivity index (χ3n) is 4.56. The van der Waals surface area contributed by atoms with Crippen molar-refractivity contribution >= 4 is 16.8 Å². The Bertz CT molecular complexity index is 930. The molecule has 6 nitrogen and oxygen atoms in total. The average molecular weight is 322 g/mol. The van der Waals surface area contributed by atoms with E-state index in [1.807, 2.05) is 46.1 Å². The number of aromatic amines is 1. The Morgan fingerprint density at radius 2 is 2.12 bits per heavy atom. The van der Waals surface area contributed by atoms with Crippen molar-refractivity contribution < 1.29 is 4.79 Å². The molecule has 6 heteroatoms. The van der Waals surface area contributed by atoms with Crippen LogP contribution in [0.3, 0.4) is 0 Å². The maximum absolute atomic E-state index is 13.0.